The quantitative estimate of drug-likeness (QED) is 0.727. The highest BCUT2D eigenvalue weighted by Gasteiger charge is 2.23. The summed E-state index contributed by atoms with van der Waals surface area (Å²) in [6.07, 6.45) is 4.49. The summed E-state index contributed by atoms with van der Waals surface area (Å²) in [5.41, 5.74) is 1.99. The van der Waals surface area contributed by atoms with Gasteiger partial charge in [0.15, 0.2) is 5.16 Å². The van der Waals surface area contributed by atoms with E-state index in [-0.39, 0.29) is 5.91 Å². The number of hydrogen-bond acceptors (Lipinski definition) is 3. The van der Waals surface area contributed by atoms with Crippen LogP contribution in [-0.2, 0) is 11.3 Å². The molecule has 0 saturated carbocycles. The van der Waals surface area contributed by atoms with Gasteiger partial charge >= 0.3 is 0 Å². The number of rotatable bonds is 5. The van der Waals surface area contributed by atoms with Crippen molar-refractivity contribution in [2.75, 3.05) is 12.3 Å². The Bertz CT molecular complexity index is 730. The molecule has 1 aliphatic heterocycles. The van der Waals surface area contributed by atoms with Crippen LogP contribution in [0.3, 0.4) is 0 Å². The van der Waals surface area contributed by atoms with Crippen molar-refractivity contribution < 1.29 is 4.79 Å². The number of carbonyl (C=O) groups is 1. The molecule has 1 fully saturated rings. The Kier molecular flexibility index (Phi) is 5.72. The minimum atomic E-state index is 0.223. The zero-order valence-corrected chi connectivity index (χ0v) is 15.9. The van der Waals surface area contributed by atoms with Gasteiger partial charge in [-0.25, -0.2) is 4.98 Å². The number of carbonyl (C=O) groups excluding carboxylic acids is 1. The largest absolute Gasteiger partial charge is 0.339 e. The van der Waals surface area contributed by atoms with Crippen molar-refractivity contribution in [1.82, 2.24) is 14.5 Å². The average Bonchev–Trinajstić information content (AvgIpc) is 2.90. The van der Waals surface area contributed by atoms with E-state index < -0.39 is 0 Å². The summed E-state index contributed by atoms with van der Waals surface area (Å²) >= 11 is 7.63. The van der Waals surface area contributed by atoms with Gasteiger partial charge in [-0.15, -0.1) is 0 Å². The molecule has 1 aromatic carbocycles. The van der Waals surface area contributed by atoms with Gasteiger partial charge in [0.05, 0.1) is 16.8 Å². The molecule has 1 atom stereocenters. The van der Waals surface area contributed by atoms with Gasteiger partial charge in [0, 0.05) is 24.2 Å². The standard InChI is InChI=1S/C18H24ClN3OS/c1-3-9-22-16-8-7-14(19)11-15(16)20-18(22)24-12-17(23)21-10-5-4-6-13(21)2/h7-8,11,13H,3-6,9-10,12H2,1-2H3. The first-order valence-corrected chi connectivity index (χ1v) is 10.0. The van der Waals surface area contributed by atoms with Gasteiger partial charge < -0.3 is 9.47 Å². The van der Waals surface area contributed by atoms with Crippen LogP contribution in [0, 0.1) is 0 Å². The van der Waals surface area contributed by atoms with Crippen LogP contribution in [0.5, 0.6) is 0 Å². The lowest BCUT2D eigenvalue weighted by atomic mass is 10.0. The zero-order chi connectivity index (χ0) is 17.1. The summed E-state index contributed by atoms with van der Waals surface area (Å²) in [5, 5.41) is 1.60. The molecule has 1 amide bonds. The van der Waals surface area contributed by atoms with Gasteiger partial charge in [-0.2, -0.15) is 0 Å². The maximum atomic E-state index is 12.6. The zero-order valence-electron chi connectivity index (χ0n) is 14.3. The minimum Gasteiger partial charge on any atom is -0.339 e. The Labute approximate surface area is 152 Å². The van der Waals surface area contributed by atoms with Crippen molar-refractivity contribution in [2.24, 2.45) is 0 Å². The van der Waals surface area contributed by atoms with E-state index in [1.165, 1.54) is 18.2 Å². The normalized spacial score (nSPS) is 18.3. The molecule has 3 rings (SSSR count). The van der Waals surface area contributed by atoms with Crippen molar-refractivity contribution in [2.45, 2.75) is 57.3 Å². The highest BCUT2D eigenvalue weighted by Crippen LogP contribution is 2.27. The van der Waals surface area contributed by atoms with Gasteiger partial charge in [-0.1, -0.05) is 30.3 Å². The van der Waals surface area contributed by atoms with Crippen molar-refractivity contribution >= 4 is 40.3 Å². The molecule has 1 aromatic heterocycles. The molecule has 0 bridgehead atoms. The smallest absolute Gasteiger partial charge is 0.233 e. The second kappa shape index (κ2) is 7.79. The van der Waals surface area contributed by atoms with Crippen LogP contribution in [0.1, 0.15) is 39.5 Å². The highest BCUT2D eigenvalue weighted by atomic mass is 35.5. The second-order valence-electron chi connectivity index (χ2n) is 6.40. The fraction of sp³-hybridized carbons (Fsp3) is 0.556. The number of likely N-dealkylation sites (tertiary alicyclic amines) is 1. The molecular formula is C18H24ClN3OS. The number of imidazole rings is 1. The van der Waals surface area contributed by atoms with Crippen LogP contribution in [0.15, 0.2) is 23.4 Å². The van der Waals surface area contributed by atoms with Crippen molar-refractivity contribution in [3.05, 3.63) is 23.2 Å². The topological polar surface area (TPSA) is 38.1 Å². The highest BCUT2D eigenvalue weighted by molar-refractivity contribution is 7.99. The van der Waals surface area contributed by atoms with Crippen LogP contribution >= 0.6 is 23.4 Å². The van der Waals surface area contributed by atoms with E-state index in [1.807, 2.05) is 23.1 Å². The third-order valence-electron chi connectivity index (χ3n) is 4.57. The van der Waals surface area contributed by atoms with Gasteiger partial charge in [0.1, 0.15) is 0 Å². The molecule has 2 aromatic rings. The van der Waals surface area contributed by atoms with Crippen molar-refractivity contribution in [1.29, 1.82) is 0 Å². The Morgan fingerprint density at radius 1 is 1.42 bits per heavy atom. The molecule has 2 heterocycles. The number of hydrogen-bond donors (Lipinski definition) is 0. The molecule has 1 saturated heterocycles. The predicted octanol–water partition coefficient (Wildman–Crippen LogP) is 4.59. The van der Waals surface area contributed by atoms with Crippen LogP contribution in [-0.4, -0.2) is 38.7 Å². The lowest BCUT2D eigenvalue weighted by molar-refractivity contribution is -0.131. The first-order valence-electron chi connectivity index (χ1n) is 8.68. The summed E-state index contributed by atoms with van der Waals surface area (Å²) < 4.78 is 2.20. The van der Waals surface area contributed by atoms with Crippen molar-refractivity contribution in [3.63, 3.8) is 0 Å². The number of aryl methyl sites for hydroxylation is 1. The summed E-state index contributed by atoms with van der Waals surface area (Å²) in [4.78, 5) is 19.3. The van der Waals surface area contributed by atoms with Gasteiger partial charge in [-0.05, 0) is 50.8 Å². The number of halogens is 1. The van der Waals surface area contributed by atoms with Crippen LogP contribution in [0.4, 0.5) is 0 Å². The number of piperidine rings is 1. The minimum absolute atomic E-state index is 0.223. The number of nitrogens with zero attached hydrogens (tertiary/aromatic N) is 3. The average molecular weight is 366 g/mol. The molecule has 130 valence electrons. The first-order chi connectivity index (χ1) is 11.6. The van der Waals surface area contributed by atoms with Crippen LogP contribution < -0.4 is 0 Å². The predicted molar refractivity (Wildman–Crippen MR) is 101 cm³/mol. The SMILES string of the molecule is CCCn1c(SCC(=O)N2CCCCC2C)nc2cc(Cl)ccc21. The lowest BCUT2D eigenvalue weighted by Gasteiger charge is -2.33. The second-order valence-corrected chi connectivity index (χ2v) is 7.78. The molecule has 6 heteroatoms. The van der Waals surface area contributed by atoms with E-state index in [9.17, 15) is 4.79 Å². The fourth-order valence-electron chi connectivity index (χ4n) is 3.31. The van der Waals surface area contributed by atoms with E-state index in [0.29, 0.717) is 16.8 Å². The molecule has 1 aliphatic rings. The molecule has 4 nitrogen and oxygen atoms in total. The fourth-order valence-corrected chi connectivity index (χ4v) is 4.40. The third kappa shape index (κ3) is 3.72. The Balaban J connectivity index is 1.76. The summed E-state index contributed by atoms with van der Waals surface area (Å²) in [6, 6.07) is 6.16. The number of thioether (sulfide) groups is 1. The Hall–Kier alpha value is -1.20. The van der Waals surface area contributed by atoms with E-state index in [1.54, 1.807) is 0 Å². The molecule has 0 radical (unpaired) electrons. The third-order valence-corrected chi connectivity index (χ3v) is 5.77. The van der Waals surface area contributed by atoms with Gasteiger partial charge in [0.25, 0.3) is 0 Å². The summed E-state index contributed by atoms with van der Waals surface area (Å²) in [6.45, 7) is 6.09. The van der Waals surface area contributed by atoms with E-state index >= 15 is 0 Å². The van der Waals surface area contributed by atoms with E-state index in [2.05, 4.69) is 18.4 Å². The molecule has 24 heavy (non-hydrogen) atoms. The lowest BCUT2D eigenvalue weighted by Crippen LogP contribution is -2.42. The van der Waals surface area contributed by atoms with Crippen LogP contribution in [0.2, 0.25) is 5.02 Å². The molecule has 0 spiro atoms. The Morgan fingerprint density at radius 3 is 3.00 bits per heavy atom. The number of aromatic nitrogens is 2. The number of amides is 1. The molecule has 1 unspecified atom stereocenters. The Morgan fingerprint density at radius 2 is 2.25 bits per heavy atom. The van der Waals surface area contributed by atoms with E-state index in [0.717, 1.165) is 48.5 Å². The summed E-state index contributed by atoms with van der Waals surface area (Å²) in [5.74, 6) is 0.672. The molecular weight excluding hydrogens is 342 g/mol. The maximum absolute atomic E-state index is 12.6. The maximum Gasteiger partial charge on any atom is 0.233 e. The number of fused-ring (bicyclic) bond motifs is 1. The van der Waals surface area contributed by atoms with Gasteiger partial charge in [0.2, 0.25) is 5.91 Å². The number of benzene rings is 1. The van der Waals surface area contributed by atoms with Crippen LogP contribution in [0.25, 0.3) is 11.0 Å². The molecule has 0 N–H and O–H groups in total. The monoisotopic (exact) mass is 365 g/mol. The molecule has 0 aliphatic carbocycles. The van der Waals surface area contributed by atoms with Crippen molar-refractivity contribution in [3.8, 4) is 0 Å². The summed E-state index contributed by atoms with van der Waals surface area (Å²) in [7, 11) is 0. The van der Waals surface area contributed by atoms with E-state index in [4.69, 9.17) is 16.6 Å². The first kappa shape index (κ1) is 17.6. The van der Waals surface area contributed by atoms with Gasteiger partial charge in [-0.3, -0.25) is 4.79 Å².